The van der Waals surface area contributed by atoms with Crippen molar-refractivity contribution in [2.75, 3.05) is 14.2 Å². The number of nitrogens with one attached hydrogen (secondary N) is 1. The molecule has 5 nitrogen and oxygen atoms in total. The quantitative estimate of drug-likeness (QED) is 0.623. The van der Waals surface area contributed by atoms with Crippen molar-refractivity contribution < 1.29 is 9.66 Å². The monoisotopic (exact) mass is 222 g/mol. The lowest BCUT2D eigenvalue weighted by Crippen LogP contribution is -2.24. The summed E-state index contributed by atoms with van der Waals surface area (Å²) in [6.07, 6.45) is 2.12. The smallest absolute Gasteiger partial charge is 0.310 e. The second-order valence-electron chi connectivity index (χ2n) is 3.98. The number of hydrogen-bond donors (Lipinski definition) is 1. The first-order chi connectivity index (χ1) is 7.63. The Balaban J connectivity index is 2.41. The first kappa shape index (κ1) is 10.9. The maximum Gasteiger partial charge on any atom is 0.310 e. The standard InChI is InChI=1S/C11H14N2O3/c1-12-11(5-6-11)8-3-4-9(13(14)15)10(7-8)16-2/h3-4,7,12H,5-6H2,1-2H3. The third-order valence-corrected chi connectivity index (χ3v) is 3.16. The van der Waals surface area contributed by atoms with Crippen molar-refractivity contribution in [1.82, 2.24) is 5.32 Å². The van der Waals surface area contributed by atoms with E-state index >= 15 is 0 Å². The van der Waals surface area contributed by atoms with Crippen LogP contribution in [-0.2, 0) is 5.54 Å². The van der Waals surface area contributed by atoms with Crippen LogP contribution in [0, 0.1) is 10.1 Å². The third-order valence-electron chi connectivity index (χ3n) is 3.16. The van der Waals surface area contributed by atoms with E-state index in [2.05, 4.69) is 5.32 Å². The molecule has 0 radical (unpaired) electrons. The van der Waals surface area contributed by atoms with Crippen LogP contribution in [0.3, 0.4) is 0 Å². The fourth-order valence-electron chi connectivity index (χ4n) is 1.93. The van der Waals surface area contributed by atoms with Gasteiger partial charge in [-0.25, -0.2) is 0 Å². The average Bonchev–Trinajstić information content (AvgIpc) is 3.09. The van der Waals surface area contributed by atoms with Crippen LogP contribution in [0.15, 0.2) is 18.2 Å². The Labute approximate surface area is 93.6 Å². The Bertz CT molecular complexity index is 427. The fraction of sp³-hybridized carbons (Fsp3) is 0.455. The van der Waals surface area contributed by atoms with Gasteiger partial charge in [0.25, 0.3) is 0 Å². The molecule has 0 bridgehead atoms. The second-order valence-corrected chi connectivity index (χ2v) is 3.98. The molecule has 1 aromatic rings. The number of nitrogens with zero attached hydrogens (tertiary/aromatic N) is 1. The molecule has 0 saturated heterocycles. The van der Waals surface area contributed by atoms with E-state index in [1.54, 1.807) is 12.1 Å². The summed E-state index contributed by atoms with van der Waals surface area (Å²) >= 11 is 0. The van der Waals surface area contributed by atoms with Crippen LogP contribution in [0.1, 0.15) is 18.4 Å². The summed E-state index contributed by atoms with van der Waals surface area (Å²) in [5, 5.41) is 14.0. The topological polar surface area (TPSA) is 64.4 Å². The molecule has 0 aromatic heterocycles. The molecule has 1 fully saturated rings. The SMILES string of the molecule is CNC1(c2ccc([N+](=O)[O-])c(OC)c2)CC1. The molecule has 86 valence electrons. The van der Waals surface area contributed by atoms with Gasteiger partial charge in [-0.1, -0.05) is 6.07 Å². The van der Waals surface area contributed by atoms with Crippen molar-refractivity contribution in [3.63, 3.8) is 0 Å². The van der Waals surface area contributed by atoms with Gasteiger partial charge in [-0.05, 0) is 31.5 Å². The van der Waals surface area contributed by atoms with E-state index in [4.69, 9.17) is 4.74 Å². The van der Waals surface area contributed by atoms with Crippen LogP contribution < -0.4 is 10.1 Å². The molecule has 2 rings (SSSR count). The minimum absolute atomic E-state index is 0.00239. The second kappa shape index (κ2) is 3.75. The molecular weight excluding hydrogens is 208 g/mol. The normalized spacial score (nSPS) is 16.9. The number of benzene rings is 1. The van der Waals surface area contributed by atoms with Gasteiger partial charge in [-0.3, -0.25) is 10.1 Å². The Morgan fingerprint density at radius 1 is 1.50 bits per heavy atom. The van der Waals surface area contributed by atoms with Crippen molar-refractivity contribution >= 4 is 5.69 Å². The molecule has 1 aromatic carbocycles. The molecule has 0 spiro atoms. The lowest BCUT2D eigenvalue weighted by atomic mass is 10.0. The summed E-state index contributed by atoms with van der Waals surface area (Å²) in [6, 6.07) is 5.05. The van der Waals surface area contributed by atoms with Crippen molar-refractivity contribution in [1.29, 1.82) is 0 Å². The highest BCUT2D eigenvalue weighted by Gasteiger charge is 2.43. The van der Waals surface area contributed by atoms with E-state index in [0.717, 1.165) is 18.4 Å². The minimum atomic E-state index is -0.429. The summed E-state index contributed by atoms with van der Waals surface area (Å²) in [5.41, 5.74) is 1.07. The molecule has 1 aliphatic rings. The van der Waals surface area contributed by atoms with E-state index in [1.165, 1.54) is 13.2 Å². The van der Waals surface area contributed by atoms with Crippen LogP contribution in [0.2, 0.25) is 0 Å². The summed E-state index contributed by atoms with van der Waals surface area (Å²) < 4.78 is 5.05. The largest absolute Gasteiger partial charge is 0.490 e. The molecule has 1 N–H and O–H groups in total. The van der Waals surface area contributed by atoms with Gasteiger partial charge in [0.1, 0.15) is 0 Å². The highest BCUT2D eigenvalue weighted by molar-refractivity contribution is 5.51. The summed E-state index contributed by atoms with van der Waals surface area (Å²) in [6.45, 7) is 0. The van der Waals surface area contributed by atoms with Crippen LogP contribution in [0.25, 0.3) is 0 Å². The number of nitro groups is 1. The Morgan fingerprint density at radius 2 is 2.19 bits per heavy atom. The molecule has 1 aliphatic carbocycles. The lowest BCUT2D eigenvalue weighted by Gasteiger charge is -2.15. The van der Waals surface area contributed by atoms with Gasteiger partial charge in [0.15, 0.2) is 5.75 Å². The predicted molar refractivity (Wildman–Crippen MR) is 59.6 cm³/mol. The highest BCUT2D eigenvalue weighted by atomic mass is 16.6. The molecule has 5 heteroatoms. The number of nitro benzene ring substituents is 1. The van der Waals surface area contributed by atoms with E-state index in [-0.39, 0.29) is 11.2 Å². The zero-order chi connectivity index (χ0) is 11.8. The highest BCUT2D eigenvalue weighted by Crippen LogP contribution is 2.46. The molecule has 1 saturated carbocycles. The van der Waals surface area contributed by atoms with Crippen LogP contribution in [0.4, 0.5) is 5.69 Å². The Kier molecular flexibility index (Phi) is 2.55. The molecular formula is C11H14N2O3. The van der Waals surface area contributed by atoms with Gasteiger partial charge < -0.3 is 10.1 Å². The number of rotatable bonds is 4. The maximum atomic E-state index is 10.7. The number of methoxy groups -OCH3 is 1. The lowest BCUT2D eigenvalue weighted by molar-refractivity contribution is -0.385. The summed E-state index contributed by atoms with van der Waals surface area (Å²) in [7, 11) is 3.35. The minimum Gasteiger partial charge on any atom is -0.490 e. The van der Waals surface area contributed by atoms with Crippen molar-refractivity contribution in [3.05, 3.63) is 33.9 Å². The number of hydrogen-bond acceptors (Lipinski definition) is 4. The first-order valence-corrected chi connectivity index (χ1v) is 5.15. The van der Waals surface area contributed by atoms with Crippen molar-refractivity contribution in [2.45, 2.75) is 18.4 Å². The zero-order valence-electron chi connectivity index (χ0n) is 9.32. The Morgan fingerprint density at radius 3 is 2.62 bits per heavy atom. The zero-order valence-corrected chi connectivity index (χ0v) is 9.32. The Hall–Kier alpha value is -1.62. The van der Waals surface area contributed by atoms with E-state index in [1.807, 2.05) is 7.05 Å². The van der Waals surface area contributed by atoms with Gasteiger partial charge in [-0.2, -0.15) is 0 Å². The summed E-state index contributed by atoms with van der Waals surface area (Å²) in [4.78, 5) is 10.3. The maximum absolute atomic E-state index is 10.7. The summed E-state index contributed by atoms with van der Waals surface area (Å²) in [5.74, 6) is 0.323. The fourth-order valence-corrected chi connectivity index (χ4v) is 1.93. The average molecular weight is 222 g/mol. The van der Waals surface area contributed by atoms with Gasteiger partial charge in [0, 0.05) is 11.6 Å². The van der Waals surface area contributed by atoms with Gasteiger partial charge in [-0.15, -0.1) is 0 Å². The van der Waals surface area contributed by atoms with E-state index in [9.17, 15) is 10.1 Å². The van der Waals surface area contributed by atoms with Crippen molar-refractivity contribution in [3.8, 4) is 5.75 Å². The van der Waals surface area contributed by atoms with E-state index < -0.39 is 4.92 Å². The molecule has 0 unspecified atom stereocenters. The first-order valence-electron chi connectivity index (χ1n) is 5.15. The van der Waals surface area contributed by atoms with Gasteiger partial charge >= 0.3 is 5.69 Å². The van der Waals surface area contributed by atoms with Crippen molar-refractivity contribution in [2.24, 2.45) is 0 Å². The van der Waals surface area contributed by atoms with Gasteiger partial charge in [0.2, 0.25) is 0 Å². The van der Waals surface area contributed by atoms with Crippen LogP contribution in [-0.4, -0.2) is 19.1 Å². The molecule has 16 heavy (non-hydrogen) atoms. The molecule has 0 atom stereocenters. The number of ether oxygens (including phenoxy) is 1. The van der Waals surface area contributed by atoms with Crippen LogP contribution >= 0.6 is 0 Å². The third kappa shape index (κ3) is 1.63. The molecule has 0 heterocycles. The van der Waals surface area contributed by atoms with E-state index in [0.29, 0.717) is 5.75 Å². The predicted octanol–water partition coefficient (Wildman–Crippen LogP) is 1.81. The van der Waals surface area contributed by atoms with Crippen LogP contribution in [0.5, 0.6) is 5.75 Å². The molecule has 0 amide bonds. The van der Waals surface area contributed by atoms with Gasteiger partial charge in [0.05, 0.1) is 12.0 Å². The molecule has 0 aliphatic heterocycles.